The number of benzene rings is 1. The van der Waals surface area contributed by atoms with E-state index in [0.29, 0.717) is 0 Å². The number of hydrogen-bond donors (Lipinski definition) is 1. The van der Waals surface area contributed by atoms with Crippen molar-refractivity contribution < 1.29 is 9.21 Å². The minimum absolute atomic E-state index is 0.0266. The third kappa shape index (κ3) is 4.22. The van der Waals surface area contributed by atoms with Crippen LogP contribution in [-0.2, 0) is 19.5 Å². The van der Waals surface area contributed by atoms with Crippen LogP contribution in [-0.4, -0.2) is 48.6 Å². The second kappa shape index (κ2) is 8.53. The highest BCUT2D eigenvalue weighted by Crippen LogP contribution is 2.28. The van der Waals surface area contributed by atoms with Gasteiger partial charge in [0.2, 0.25) is 0 Å². The number of hydrogen-bond acceptors (Lipinski definition) is 5. The Kier molecular flexibility index (Phi) is 5.46. The Labute approximate surface area is 180 Å². The first-order chi connectivity index (χ1) is 14.7. The molecule has 2 aliphatic heterocycles. The SMILES string of the molecule is O=C(Nc1ccc(N2CCc3sccc3C2)cc1)N1CCN(Cc2ccco2)CC1. The Hall–Kier alpha value is -2.77. The maximum atomic E-state index is 12.7. The largest absolute Gasteiger partial charge is 0.468 e. The van der Waals surface area contributed by atoms with Crippen LogP contribution in [0.3, 0.4) is 0 Å². The Morgan fingerprint density at radius 2 is 1.87 bits per heavy atom. The lowest BCUT2D eigenvalue weighted by Gasteiger charge is -2.34. The number of fused-ring (bicyclic) bond motifs is 1. The van der Waals surface area contributed by atoms with Gasteiger partial charge in [-0.1, -0.05) is 0 Å². The fourth-order valence-electron chi connectivity index (χ4n) is 4.16. The van der Waals surface area contributed by atoms with Crippen LogP contribution in [0.1, 0.15) is 16.2 Å². The zero-order chi connectivity index (χ0) is 20.3. The van der Waals surface area contributed by atoms with Crippen molar-refractivity contribution in [1.29, 1.82) is 0 Å². The number of amides is 2. The second-order valence-electron chi connectivity index (χ2n) is 7.86. The van der Waals surface area contributed by atoms with E-state index in [4.69, 9.17) is 4.42 Å². The number of nitrogens with one attached hydrogen (secondary N) is 1. The van der Waals surface area contributed by atoms with Crippen molar-refractivity contribution in [3.8, 4) is 0 Å². The molecule has 1 N–H and O–H groups in total. The Bertz CT molecular complexity index is 975. The summed E-state index contributed by atoms with van der Waals surface area (Å²) in [6.45, 7) is 5.96. The molecule has 1 aromatic carbocycles. The lowest BCUT2D eigenvalue weighted by atomic mass is 10.1. The third-order valence-electron chi connectivity index (χ3n) is 5.91. The molecular formula is C23H26N4O2S. The maximum Gasteiger partial charge on any atom is 0.321 e. The first kappa shape index (κ1) is 19.2. The summed E-state index contributed by atoms with van der Waals surface area (Å²) < 4.78 is 5.42. The first-order valence-electron chi connectivity index (χ1n) is 10.5. The molecule has 6 nitrogen and oxygen atoms in total. The van der Waals surface area contributed by atoms with Gasteiger partial charge in [0, 0.05) is 55.5 Å². The van der Waals surface area contributed by atoms with E-state index >= 15 is 0 Å². The monoisotopic (exact) mass is 422 g/mol. The van der Waals surface area contributed by atoms with Crippen LogP contribution in [0.5, 0.6) is 0 Å². The van der Waals surface area contributed by atoms with Crippen molar-refractivity contribution in [2.75, 3.05) is 42.9 Å². The van der Waals surface area contributed by atoms with E-state index in [1.165, 1.54) is 16.1 Å². The normalized spacial score (nSPS) is 17.1. The fraction of sp³-hybridized carbons (Fsp3) is 0.348. The summed E-state index contributed by atoms with van der Waals surface area (Å²) in [7, 11) is 0. The molecule has 156 valence electrons. The van der Waals surface area contributed by atoms with Crippen molar-refractivity contribution in [2.45, 2.75) is 19.5 Å². The number of furan rings is 1. The minimum atomic E-state index is -0.0266. The van der Waals surface area contributed by atoms with Gasteiger partial charge >= 0.3 is 6.03 Å². The highest BCUT2D eigenvalue weighted by atomic mass is 32.1. The number of carbonyl (C=O) groups excluding carboxylic acids is 1. The molecular weight excluding hydrogens is 396 g/mol. The van der Waals surface area contributed by atoms with Crippen molar-refractivity contribution in [1.82, 2.24) is 9.80 Å². The van der Waals surface area contributed by atoms with Gasteiger partial charge < -0.3 is 19.5 Å². The van der Waals surface area contributed by atoms with Gasteiger partial charge in [0.15, 0.2) is 0 Å². The molecule has 0 aliphatic carbocycles. The number of urea groups is 1. The summed E-state index contributed by atoms with van der Waals surface area (Å²) in [4.78, 5) is 20.8. The van der Waals surface area contributed by atoms with E-state index in [1.807, 2.05) is 40.5 Å². The molecule has 4 heterocycles. The molecule has 0 spiro atoms. The van der Waals surface area contributed by atoms with Crippen LogP contribution in [0.2, 0.25) is 0 Å². The summed E-state index contributed by atoms with van der Waals surface area (Å²) >= 11 is 1.86. The van der Waals surface area contributed by atoms with E-state index in [0.717, 1.165) is 63.7 Å². The van der Waals surface area contributed by atoms with E-state index < -0.39 is 0 Å². The molecule has 7 heteroatoms. The van der Waals surface area contributed by atoms with Gasteiger partial charge in [0.1, 0.15) is 5.76 Å². The molecule has 1 saturated heterocycles. The molecule has 0 atom stereocenters. The zero-order valence-electron chi connectivity index (χ0n) is 16.9. The van der Waals surface area contributed by atoms with Gasteiger partial charge in [-0.25, -0.2) is 4.79 Å². The summed E-state index contributed by atoms with van der Waals surface area (Å²) in [6, 6.07) is 14.3. The standard InChI is InChI=1S/C23H26N4O2S/c28-23(26-12-10-25(11-13-26)17-21-2-1-14-29-21)24-19-3-5-20(6-4-19)27-9-7-22-18(16-27)8-15-30-22/h1-6,8,14-15H,7,9-13,16-17H2,(H,24,28). The molecule has 0 radical (unpaired) electrons. The van der Waals surface area contributed by atoms with Crippen LogP contribution in [0.15, 0.2) is 58.5 Å². The number of thiophene rings is 1. The number of anilines is 2. The number of nitrogens with zero attached hydrogens (tertiary/aromatic N) is 3. The minimum Gasteiger partial charge on any atom is -0.468 e. The molecule has 2 aliphatic rings. The van der Waals surface area contributed by atoms with Crippen molar-refractivity contribution in [2.24, 2.45) is 0 Å². The van der Waals surface area contributed by atoms with Crippen LogP contribution in [0.4, 0.5) is 16.2 Å². The van der Waals surface area contributed by atoms with Crippen molar-refractivity contribution >= 4 is 28.7 Å². The summed E-state index contributed by atoms with van der Waals surface area (Å²) in [5.74, 6) is 0.969. The van der Waals surface area contributed by atoms with E-state index in [1.54, 1.807) is 6.26 Å². The predicted molar refractivity (Wildman–Crippen MR) is 120 cm³/mol. The van der Waals surface area contributed by atoms with E-state index in [9.17, 15) is 4.79 Å². The lowest BCUT2D eigenvalue weighted by Crippen LogP contribution is -2.49. The Morgan fingerprint density at radius 1 is 1.03 bits per heavy atom. The van der Waals surface area contributed by atoms with Gasteiger partial charge in [-0.05, 0) is 59.8 Å². The van der Waals surface area contributed by atoms with Crippen LogP contribution in [0, 0.1) is 0 Å². The van der Waals surface area contributed by atoms with Crippen molar-refractivity contribution in [3.05, 3.63) is 70.3 Å². The van der Waals surface area contributed by atoms with Crippen LogP contribution in [0.25, 0.3) is 0 Å². The van der Waals surface area contributed by atoms with Gasteiger partial charge in [-0.15, -0.1) is 11.3 Å². The molecule has 5 rings (SSSR count). The molecule has 0 unspecified atom stereocenters. The Morgan fingerprint density at radius 3 is 2.63 bits per heavy atom. The number of carbonyl (C=O) groups is 1. The molecule has 3 aromatic rings. The Balaban J connectivity index is 1.12. The summed E-state index contributed by atoms with van der Waals surface area (Å²) in [5, 5.41) is 5.23. The molecule has 30 heavy (non-hydrogen) atoms. The topological polar surface area (TPSA) is 52.0 Å². The van der Waals surface area contributed by atoms with Crippen LogP contribution < -0.4 is 10.2 Å². The fourth-order valence-corrected chi connectivity index (χ4v) is 5.05. The van der Waals surface area contributed by atoms with Gasteiger partial charge in [-0.2, -0.15) is 0 Å². The van der Waals surface area contributed by atoms with Gasteiger partial charge in [0.05, 0.1) is 12.8 Å². The number of rotatable bonds is 4. The molecule has 2 aromatic heterocycles. The molecule has 0 bridgehead atoms. The summed E-state index contributed by atoms with van der Waals surface area (Å²) in [6.07, 6.45) is 2.81. The predicted octanol–water partition coefficient (Wildman–Crippen LogP) is 4.25. The number of piperazine rings is 1. The van der Waals surface area contributed by atoms with Crippen molar-refractivity contribution in [3.63, 3.8) is 0 Å². The van der Waals surface area contributed by atoms with Gasteiger partial charge in [-0.3, -0.25) is 4.90 Å². The summed E-state index contributed by atoms with van der Waals surface area (Å²) in [5.41, 5.74) is 3.49. The van der Waals surface area contributed by atoms with E-state index in [2.05, 4.69) is 38.7 Å². The second-order valence-corrected chi connectivity index (χ2v) is 8.86. The van der Waals surface area contributed by atoms with Crippen LogP contribution >= 0.6 is 11.3 Å². The first-order valence-corrected chi connectivity index (χ1v) is 11.3. The lowest BCUT2D eigenvalue weighted by molar-refractivity contribution is 0.137. The quantitative estimate of drug-likeness (QED) is 0.683. The molecule has 1 fully saturated rings. The average molecular weight is 423 g/mol. The molecule has 2 amide bonds. The maximum absolute atomic E-state index is 12.7. The van der Waals surface area contributed by atoms with Gasteiger partial charge in [0.25, 0.3) is 0 Å². The van der Waals surface area contributed by atoms with E-state index in [-0.39, 0.29) is 6.03 Å². The highest BCUT2D eigenvalue weighted by molar-refractivity contribution is 7.10. The highest BCUT2D eigenvalue weighted by Gasteiger charge is 2.22. The molecule has 0 saturated carbocycles. The third-order valence-corrected chi connectivity index (χ3v) is 6.93. The average Bonchev–Trinajstić information content (AvgIpc) is 3.46. The smallest absolute Gasteiger partial charge is 0.321 e. The zero-order valence-corrected chi connectivity index (χ0v) is 17.7.